The average Bonchev–Trinajstić information content (AvgIpc) is 3.03. The summed E-state index contributed by atoms with van der Waals surface area (Å²) < 4.78 is 3.24. The van der Waals surface area contributed by atoms with Crippen molar-refractivity contribution < 1.29 is 0 Å². The zero-order valence-corrected chi connectivity index (χ0v) is 15.4. The minimum atomic E-state index is 1.01. The van der Waals surface area contributed by atoms with Gasteiger partial charge in [0.25, 0.3) is 0 Å². The normalized spacial score (nSPS) is 14.2. The zero-order valence-electron chi connectivity index (χ0n) is 13.0. The van der Waals surface area contributed by atoms with Crippen molar-refractivity contribution >= 4 is 33.1 Å². The molecule has 1 aliphatic rings. The lowest BCUT2D eigenvalue weighted by atomic mass is 10.1. The number of aryl methyl sites for hydroxylation is 1. The van der Waals surface area contributed by atoms with Gasteiger partial charge in [-0.05, 0) is 65.9 Å². The van der Waals surface area contributed by atoms with E-state index in [1.54, 1.807) is 11.3 Å². The van der Waals surface area contributed by atoms with Crippen molar-refractivity contribution in [1.29, 1.82) is 0 Å². The third-order valence-electron chi connectivity index (χ3n) is 4.28. The topological polar surface area (TPSA) is 29.9 Å². The van der Waals surface area contributed by atoms with Gasteiger partial charge in [0.1, 0.15) is 11.5 Å². The van der Waals surface area contributed by atoms with Crippen molar-refractivity contribution in [2.75, 3.05) is 11.9 Å². The van der Waals surface area contributed by atoms with Gasteiger partial charge in [0.15, 0.2) is 0 Å². The molecule has 0 saturated heterocycles. The lowest BCUT2D eigenvalue weighted by Gasteiger charge is -2.11. The average molecular weight is 388 g/mol. The van der Waals surface area contributed by atoms with Gasteiger partial charge in [0.05, 0.1) is 14.4 Å². The van der Waals surface area contributed by atoms with Crippen LogP contribution in [-0.2, 0) is 6.42 Å². The van der Waals surface area contributed by atoms with E-state index >= 15 is 0 Å². The van der Waals surface area contributed by atoms with Crippen molar-refractivity contribution in [1.82, 2.24) is 9.78 Å². The number of anilines is 1. The highest BCUT2D eigenvalue weighted by Crippen LogP contribution is 2.38. The Labute approximate surface area is 148 Å². The fourth-order valence-corrected chi connectivity index (χ4v) is 4.52. The number of hydrogen-bond acceptors (Lipinski definition) is 3. The molecule has 0 unspecified atom stereocenters. The van der Waals surface area contributed by atoms with Crippen LogP contribution in [0.4, 0.5) is 5.82 Å². The van der Waals surface area contributed by atoms with Gasteiger partial charge in [-0.1, -0.05) is 18.2 Å². The number of thiophene rings is 1. The molecule has 5 heteroatoms. The third-order valence-corrected chi connectivity index (χ3v) is 5.91. The molecule has 2 aromatic heterocycles. The third kappa shape index (κ3) is 2.72. The van der Waals surface area contributed by atoms with E-state index in [0.29, 0.717) is 0 Å². The summed E-state index contributed by atoms with van der Waals surface area (Å²) in [5, 5.41) is 8.60. The van der Waals surface area contributed by atoms with Crippen LogP contribution >= 0.6 is 27.3 Å². The summed E-state index contributed by atoms with van der Waals surface area (Å²) in [7, 11) is 0. The summed E-state index contributed by atoms with van der Waals surface area (Å²) >= 11 is 5.32. The SMILES string of the molecule is Cc1ccccc1-n1nc(-c2ccc(Br)s2)c2c1NCCCC2. The van der Waals surface area contributed by atoms with Crippen LogP contribution in [0.2, 0.25) is 0 Å². The first kappa shape index (κ1) is 15.0. The van der Waals surface area contributed by atoms with Gasteiger partial charge in [-0.2, -0.15) is 5.10 Å². The van der Waals surface area contributed by atoms with Crippen molar-refractivity contribution in [3.05, 3.63) is 51.3 Å². The number of nitrogens with zero attached hydrogens (tertiary/aromatic N) is 2. The van der Waals surface area contributed by atoms with Gasteiger partial charge in [-0.25, -0.2) is 4.68 Å². The molecule has 0 bridgehead atoms. The molecule has 0 radical (unpaired) electrons. The molecule has 3 nitrogen and oxygen atoms in total. The van der Waals surface area contributed by atoms with Crippen LogP contribution in [0.5, 0.6) is 0 Å². The molecule has 0 fully saturated rings. The fourth-order valence-electron chi connectivity index (χ4n) is 3.12. The highest BCUT2D eigenvalue weighted by Gasteiger charge is 2.22. The Morgan fingerprint density at radius 1 is 1.17 bits per heavy atom. The number of para-hydroxylation sites is 1. The van der Waals surface area contributed by atoms with E-state index in [0.717, 1.165) is 34.0 Å². The highest BCUT2D eigenvalue weighted by atomic mass is 79.9. The maximum atomic E-state index is 4.99. The van der Waals surface area contributed by atoms with Crippen LogP contribution in [0.1, 0.15) is 24.0 Å². The van der Waals surface area contributed by atoms with Gasteiger partial charge in [-0.3, -0.25) is 0 Å². The monoisotopic (exact) mass is 387 g/mol. The van der Waals surface area contributed by atoms with E-state index in [9.17, 15) is 0 Å². The van der Waals surface area contributed by atoms with Crippen LogP contribution in [0.15, 0.2) is 40.2 Å². The molecular weight excluding hydrogens is 370 g/mol. The molecule has 0 amide bonds. The number of fused-ring (bicyclic) bond motifs is 1. The smallest absolute Gasteiger partial charge is 0.133 e. The molecule has 1 N–H and O–H groups in total. The van der Waals surface area contributed by atoms with Crippen molar-refractivity contribution in [3.63, 3.8) is 0 Å². The Hall–Kier alpha value is -1.59. The van der Waals surface area contributed by atoms with Crippen molar-refractivity contribution in [2.45, 2.75) is 26.2 Å². The number of nitrogens with one attached hydrogen (secondary N) is 1. The van der Waals surface area contributed by atoms with E-state index < -0.39 is 0 Å². The van der Waals surface area contributed by atoms with E-state index in [1.165, 1.54) is 28.8 Å². The van der Waals surface area contributed by atoms with E-state index in [1.807, 2.05) is 0 Å². The van der Waals surface area contributed by atoms with Crippen LogP contribution in [0.3, 0.4) is 0 Å². The molecule has 4 rings (SSSR count). The number of halogens is 1. The van der Waals surface area contributed by atoms with Crippen LogP contribution in [0, 0.1) is 6.92 Å². The molecule has 23 heavy (non-hydrogen) atoms. The lowest BCUT2D eigenvalue weighted by Crippen LogP contribution is -2.08. The Kier molecular flexibility index (Phi) is 3.99. The quantitative estimate of drug-likeness (QED) is 0.635. The molecule has 1 aromatic carbocycles. The maximum Gasteiger partial charge on any atom is 0.133 e. The molecule has 118 valence electrons. The maximum absolute atomic E-state index is 4.99. The summed E-state index contributed by atoms with van der Waals surface area (Å²) in [5.41, 5.74) is 4.86. The number of benzene rings is 1. The zero-order chi connectivity index (χ0) is 15.8. The van der Waals surface area contributed by atoms with Crippen LogP contribution < -0.4 is 5.32 Å². The van der Waals surface area contributed by atoms with E-state index in [4.69, 9.17) is 5.10 Å². The van der Waals surface area contributed by atoms with Crippen LogP contribution in [-0.4, -0.2) is 16.3 Å². The molecule has 0 aliphatic carbocycles. The summed E-state index contributed by atoms with van der Waals surface area (Å²) in [6, 6.07) is 12.7. The van der Waals surface area contributed by atoms with Gasteiger partial charge in [0.2, 0.25) is 0 Å². The first-order valence-electron chi connectivity index (χ1n) is 7.91. The standard InChI is InChI=1S/C18H18BrN3S/c1-12-6-2-3-8-14(12)22-18-13(7-4-5-11-20-18)17(21-22)15-9-10-16(19)23-15/h2-3,6,8-10,20H,4-5,7,11H2,1H3. The molecule has 0 spiro atoms. The summed E-state index contributed by atoms with van der Waals surface area (Å²) in [6.45, 7) is 3.15. The minimum Gasteiger partial charge on any atom is -0.370 e. The fraction of sp³-hybridized carbons (Fsp3) is 0.278. The molecule has 3 heterocycles. The number of rotatable bonds is 2. The molecule has 0 atom stereocenters. The number of hydrogen-bond donors (Lipinski definition) is 1. The van der Waals surface area contributed by atoms with Crippen molar-refractivity contribution in [3.8, 4) is 16.3 Å². The second-order valence-corrected chi connectivity index (χ2v) is 8.32. The summed E-state index contributed by atoms with van der Waals surface area (Å²) in [4.78, 5) is 1.23. The number of aromatic nitrogens is 2. The van der Waals surface area contributed by atoms with Gasteiger partial charge in [-0.15, -0.1) is 11.3 Å². The Morgan fingerprint density at radius 3 is 2.83 bits per heavy atom. The Balaban J connectivity index is 1.93. The van der Waals surface area contributed by atoms with Gasteiger partial charge < -0.3 is 5.32 Å². The lowest BCUT2D eigenvalue weighted by molar-refractivity contribution is 0.780. The molecule has 0 saturated carbocycles. The first-order valence-corrected chi connectivity index (χ1v) is 9.52. The molecule has 3 aromatic rings. The van der Waals surface area contributed by atoms with E-state index in [-0.39, 0.29) is 0 Å². The predicted octanol–water partition coefficient (Wildman–Crippen LogP) is 5.42. The van der Waals surface area contributed by atoms with Crippen molar-refractivity contribution in [2.24, 2.45) is 0 Å². The molecular formula is C18H18BrN3S. The summed E-state index contributed by atoms with van der Waals surface area (Å²) in [6.07, 6.45) is 3.49. The largest absolute Gasteiger partial charge is 0.370 e. The van der Waals surface area contributed by atoms with E-state index in [2.05, 4.69) is 69.3 Å². The summed E-state index contributed by atoms with van der Waals surface area (Å²) in [5.74, 6) is 1.16. The second-order valence-electron chi connectivity index (χ2n) is 5.86. The molecule has 1 aliphatic heterocycles. The predicted molar refractivity (Wildman–Crippen MR) is 101 cm³/mol. The Bertz CT molecular complexity index is 850. The highest BCUT2D eigenvalue weighted by molar-refractivity contribution is 9.11. The second kappa shape index (κ2) is 6.13. The Morgan fingerprint density at radius 2 is 2.04 bits per heavy atom. The van der Waals surface area contributed by atoms with Gasteiger partial charge in [0, 0.05) is 12.1 Å². The first-order chi connectivity index (χ1) is 11.2. The minimum absolute atomic E-state index is 1.01. The van der Waals surface area contributed by atoms with Gasteiger partial charge >= 0.3 is 0 Å². The van der Waals surface area contributed by atoms with Crippen LogP contribution in [0.25, 0.3) is 16.3 Å².